The Morgan fingerprint density at radius 1 is 1.00 bits per heavy atom. The Kier molecular flexibility index (Phi) is 5.13. The topological polar surface area (TPSA) is 53.9 Å². The fourth-order valence-electron chi connectivity index (χ4n) is 2.39. The molecule has 0 radical (unpaired) electrons. The number of para-hydroxylation sites is 1. The van der Waals surface area contributed by atoms with Gasteiger partial charge in [0.1, 0.15) is 17.3 Å². The zero-order valence-corrected chi connectivity index (χ0v) is 13.7. The van der Waals surface area contributed by atoms with Crippen LogP contribution in [0.2, 0.25) is 0 Å². The van der Waals surface area contributed by atoms with Gasteiger partial charge < -0.3 is 10.2 Å². The highest BCUT2D eigenvalue weighted by atomic mass is 19.1. The summed E-state index contributed by atoms with van der Waals surface area (Å²) in [5.41, 5.74) is 0.824. The second kappa shape index (κ2) is 7.65. The third kappa shape index (κ3) is 4.06. The van der Waals surface area contributed by atoms with Gasteiger partial charge in [0.2, 0.25) is 5.95 Å². The second-order valence-corrected chi connectivity index (χ2v) is 5.36. The summed E-state index contributed by atoms with van der Waals surface area (Å²) in [5.74, 6) is -0.829. The van der Waals surface area contributed by atoms with Crippen molar-refractivity contribution in [1.82, 2.24) is 15.2 Å². The first-order valence-corrected chi connectivity index (χ1v) is 7.87. The summed E-state index contributed by atoms with van der Waals surface area (Å²) in [4.78, 5) is 6.32. The van der Waals surface area contributed by atoms with Crippen LogP contribution in [-0.4, -0.2) is 21.7 Å². The molecule has 0 unspecified atom stereocenters. The zero-order chi connectivity index (χ0) is 17.6. The Morgan fingerprint density at radius 2 is 1.72 bits per heavy atom. The van der Waals surface area contributed by atoms with Crippen LogP contribution in [0.1, 0.15) is 12.5 Å². The van der Waals surface area contributed by atoms with Gasteiger partial charge in [-0.05, 0) is 24.6 Å². The summed E-state index contributed by atoms with van der Waals surface area (Å²) >= 11 is 0. The third-order valence-electron chi connectivity index (χ3n) is 3.67. The maximum atomic E-state index is 13.8. The number of halogens is 2. The minimum absolute atomic E-state index is 0.0352. The third-order valence-corrected chi connectivity index (χ3v) is 3.67. The van der Waals surface area contributed by atoms with Crippen molar-refractivity contribution in [2.24, 2.45) is 0 Å². The van der Waals surface area contributed by atoms with E-state index in [1.165, 1.54) is 12.3 Å². The maximum Gasteiger partial charge on any atom is 0.249 e. The molecular weight excluding hydrogens is 324 g/mol. The van der Waals surface area contributed by atoms with E-state index in [0.29, 0.717) is 18.9 Å². The summed E-state index contributed by atoms with van der Waals surface area (Å²) in [6.45, 7) is 3.33. The van der Waals surface area contributed by atoms with Crippen LogP contribution in [0.3, 0.4) is 0 Å². The molecule has 0 aliphatic rings. The predicted octanol–water partition coefficient (Wildman–Crippen LogP) is 3.92. The van der Waals surface area contributed by atoms with Crippen LogP contribution in [-0.2, 0) is 6.54 Å². The summed E-state index contributed by atoms with van der Waals surface area (Å²) in [7, 11) is 0. The number of rotatable bonds is 6. The Hall–Kier alpha value is -3.09. The molecule has 0 bridgehead atoms. The van der Waals surface area contributed by atoms with Crippen molar-refractivity contribution in [3.05, 3.63) is 71.9 Å². The predicted molar refractivity (Wildman–Crippen MR) is 92.6 cm³/mol. The molecule has 0 atom stereocenters. The molecule has 1 heterocycles. The Bertz CT molecular complexity index is 822. The number of nitrogens with one attached hydrogen (secondary N) is 1. The van der Waals surface area contributed by atoms with Crippen LogP contribution >= 0.6 is 0 Å². The van der Waals surface area contributed by atoms with Gasteiger partial charge in [0.25, 0.3) is 0 Å². The van der Waals surface area contributed by atoms with Crippen molar-refractivity contribution in [1.29, 1.82) is 0 Å². The standard InChI is InChI=1S/C18H17F2N5/c1-2-25(12-13-7-4-3-5-8-13)16-11-21-24-18(22-16)23-17-14(19)9-6-10-15(17)20/h3-11H,2,12H2,1H3,(H,22,23,24). The van der Waals surface area contributed by atoms with Crippen LogP contribution in [0.4, 0.5) is 26.2 Å². The van der Waals surface area contributed by atoms with Crippen LogP contribution < -0.4 is 10.2 Å². The van der Waals surface area contributed by atoms with E-state index in [1.54, 1.807) is 0 Å². The molecule has 0 amide bonds. The number of hydrogen-bond donors (Lipinski definition) is 1. The molecule has 0 saturated carbocycles. The summed E-state index contributed by atoms with van der Waals surface area (Å²) in [6, 6.07) is 13.6. The molecule has 5 nitrogen and oxygen atoms in total. The smallest absolute Gasteiger partial charge is 0.249 e. The van der Waals surface area contributed by atoms with Crippen molar-refractivity contribution in [3.63, 3.8) is 0 Å². The van der Waals surface area contributed by atoms with Crippen molar-refractivity contribution < 1.29 is 8.78 Å². The zero-order valence-electron chi connectivity index (χ0n) is 13.7. The SMILES string of the molecule is CCN(Cc1ccccc1)c1cnnc(Nc2c(F)cccc2F)n1. The number of anilines is 3. The van der Waals surface area contributed by atoms with Gasteiger partial charge in [-0.15, -0.1) is 5.10 Å². The van der Waals surface area contributed by atoms with Crippen LogP contribution in [0.25, 0.3) is 0 Å². The van der Waals surface area contributed by atoms with E-state index < -0.39 is 11.6 Å². The lowest BCUT2D eigenvalue weighted by atomic mass is 10.2. The molecule has 1 N–H and O–H groups in total. The van der Waals surface area contributed by atoms with Gasteiger partial charge in [0, 0.05) is 13.1 Å². The lowest BCUT2D eigenvalue weighted by Gasteiger charge is -2.21. The van der Waals surface area contributed by atoms with Gasteiger partial charge in [0.15, 0.2) is 5.82 Å². The van der Waals surface area contributed by atoms with Crippen LogP contribution in [0, 0.1) is 11.6 Å². The van der Waals surface area contributed by atoms with Crippen molar-refractivity contribution in [2.75, 3.05) is 16.8 Å². The first kappa shape index (κ1) is 16.8. The van der Waals surface area contributed by atoms with Crippen LogP contribution in [0.15, 0.2) is 54.7 Å². The monoisotopic (exact) mass is 341 g/mol. The van der Waals surface area contributed by atoms with Gasteiger partial charge in [-0.2, -0.15) is 10.1 Å². The van der Waals surface area contributed by atoms with E-state index >= 15 is 0 Å². The second-order valence-electron chi connectivity index (χ2n) is 5.36. The molecule has 0 fully saturated rings. The highest BCUT2D eigenvalue weighted by molar-refractivity contribution is 5.56. The molecular formula is C18H17F2N5. The Labute approximate surface area is 144 Å². The average molecular weight is 341 g/mol. The Balaban J connectivity index is 1.83. The molecule has 0 spiro atoms. The molecule has 1 aromatic heterocycles. The number of aromatic nitrogens is 3. The lowest BCUT2D eigenvalue weighted by molar-refractivity contribution is 0.590. The van der Waals surface area contributed by atoms with E-state index in [-0.39, 0.29) is 11.6 Å². The van der Waals surface area contributed by atoms with E-state index in [1.807, 2.05) is 42.2 Å². The minimum atomic E-state index is -0.717. The largest absolute Gasteiger partial charge is 0.351 e. The highest BCUT2D eigenvalue weighted by Gasteiger charge is 2.13. The van der Waals surface area contributed by atoms with Gasteiger partial charge in [-0.1, -0.05) is 36.4 Å². The minimum Gasteiger partial charge on any atom is -0.351 e. The molecule has 0 aliphatic heterocycles. The molecule has 25 heavy (non-hydrogen) atoms. The van der Waals surface area contributed by atoms with Gasteiger partial charge in [-0.3, -0.25) is 0 Å². The van der Waals surface area contributed by atoms with Crippen molar-refractivity contribution in [3.8, 4) is 0 Å². The first-order valence-electron chi connectivity index (χ1n) is 7.87. The molecule has 128 valence electrons. The highest BCUT2D eigenvalue weighted by Crippen LogP contribution is 2.22. The van der Waals surface area contributed by atoms with E-state index in [4.69, 9.17) is 0 Å². The van der Waals surface area contributed by atoms with Crippen molar-refractivity contribution in [2.45, 2.75) is 13.5 Å². The number of hydrogen-bond acceptors (Lipinski definition) is 5. The summed E-state index contributed by atoms with van der Waals surface area (Å²) in [5, 5.41) is 10.3. The summed E-state index contributed by atoms with van der Waals surface area (Å²) in [6.07, 6.45) is 1.52. The molecule has 3 aromatic rings. The fourth-order valence-corrected chi connectivity index (χ4v) is 2.39. The van der Waals surface area contributed by atoms with Gasteiger partial charge in [0.05, 0.1) is 6.20 Å². The fraction of sp³-hybridized carbons (Fsp3) is 0.167. The lowest BCUT2D eigenvalue weighted by Crippen LogP contribution is -2.23. The first-order chi connectivity index (χ1) is 12.2. The van der Waals surface area contributed by atoms with E-state index in [0.717, 1.165) is 17.7 Å². The van der Waals surface area contributed by atoms with Gasteiger partial charge >= 0.3 is 0 Å². The average Bonchev–Trinajstić information content (AvgIpc) is 2.64. The maximum absolute atomic E-state index is 13.8. The van der Waals surface area contributed by atoms with Crippen LogP contribution in [0.5, 0.6) is 0 Å². The molecule has 3 rings (SSSR count). The van der Waals surface area contributed by atoms with E-state index in [2.05, 4.69) is 20.5 Å². The van der Waals surface area contributed by atoms with Gasteiger partial charge in [-0.25, -0.2) is 8.78 Å². The molecule has 0 aliphatic carbocycles. The number of benzene rings is 2. The Morgan fingerprint density at radius 3 is 2.40 bits per heavy atom. The molecule has 2 aromatic carbocycles. The molecule has 0 saturated heterocycles. The normalized spacial score (nSPS) is 10.5. The molecule has 7 heteroatoms. The number of nitrogens with zero attached hydrogens (tertiary/aromatic N) is 4. The van der Waals surface area contributed by atoms with Crippen molar-refractivity contribution >= 4 is 17.5 Å². The summed E-state index contributed by atoms with van der Waals surface area (Å²) < 4.78 is 27.5. The van der Waals surface area contributed by atoms with E-state index in [9.17, 15) is 8.78 Å². The quantitative estimate of drug-likeness (QED) is 0.736.